The highest BCUT2D eigenvalue weighted by molar-refractivity contribution is 5.84. The highest BCUT2D eigenvalue weighted by atomic mass is 16.3. The van der Waals surface area contributed by atoms with Gasteiger partial charge >= 0.3 is 0 Å². The quantitative estimate of drug-likeness (QED) is 0.663. The van der Waals surface area contributed by atoms with Gasteiger partial charge in [0.1, 0.15) is 5.75 Å². The number of phenols is 1. The Hall–Kier alpha value is -2.95. The predicted molar refractivity (Wildman–Crippen MR) is 82.9 cm³/mol. The third kappa shape index (κ3) is 6.68. The lowest BCUT2D eigenvalue weighted by Crippen LogP contribution is -2.04. The van der Waals surface area contributed by atoms with Crippen molar-refractivity contribution in [3.8, 4) is 5.75 Å². The van der Waals surface area contributed by atoms with Crippen LogP contribution < -0.4 is 5.73 Å². The maximum absolute atomic E-state index is 9.47. The van der Waals surface area contributed by atoms with Crippen LogP contribution in [0, 0.1) is 6.92 Å². The Balaban J connectivity index is 0.000000383. The molecule has 0 radical (unpaired) electrons. The lowest BCUT2D eigenvalue weighted by atomic mass is 10.2. The molecule has 0 aliphatic rings. The standard InChI is InChI=1S/C13H12N2O.C3H5NO/c1-10-2-4-11(5-3-10)14-15-12-6-8-13(16)9-7-12;1-2-3(4)5/h2-9,16H,1H3;2H,1H2,(H2,4,5). The van der Waals surface area contributed by atoms with E-state index < -0.39 is 5.91 Å². The van der Waals surface area contributed by atoms with Gasteiger partial charge in [-0.15, -0.1) is 0 Å². The van der Waals surface area contributed by atoms with E-state index in [-0.39, 0.29) is 5.75 Å². The third-order valence-corrected chi connectivity index (χ3v) is 2.37. The Bertz CT molecular complexity index is 569. The van der Waals surface area contributed by atoms with Crippen LogP contribution in [0.5, 0.6) is 5.75 Å². The number of nitrogens with two attached hydrogens (primary N) is 1. The van der Waals surface area contributed by atoms with Crippen LogP contribution in [0.1, 0.15) is 5.56 Å². The van der Waals surface area contributed by atoms with Crippen molar-refractivity contribution in [3.63, 3.8) is 0 Å². The van der Waals surface area contributed by atoms with E-state index in [9.17, 15) is 4.79 Å². The number of nitrogens with zero attached hydrogens (tertiary/aromatic N) is 2. The number of phenolic OH excluding ortho intramolecular Hbond substituents is 1. The maximum Gasteiger partial charge on any atom is 0.240 e. The van der Waals surface area contributed by atoms with Gasteiger partial charge in [0.2, 0.25) is 5.91 Å². The molecule has 0 bridgehead atoms. The van der Waals surface area contributed by atoms with Gasteiger partial charge in [0.25, 0.3) is 0 Å². The average molecular weight is 283 g/mol. The van der Waals surface area contributed by atoms with E-state index in [2.05, 4.69) is 22.5 Å². The molecule has 0 aliphatic carbocycles. The number of amides is 1. The summed E-state index contributed by atoms with van der Waals surface area (Å²) < 4.78 is 0. The van der Waals surface area contributed by atoms with Crippen LogP contribution in [0.15, 0.2) is 71.4 Å². The topological polar surface area (TPSA) is 88.0 Å². The van der Waals surface area contributed by atoms with Crippen molar-refractivity contribution in [3.05, 3.63) is 66.7 Å². The highest BCUT2D eigenvalue weighted by Crippen LogP contribution is 2.20. The molecule has 0 fully saturated rings. The summed E-state index contributed by atoms with van der Waals surface area (Å²) in [7, 11) is 0. The second-order valence-electron chi connectivity index (χ2n) is 4.16. The van der Waals surface area contributed by atoms with Crippen molar-refractivity contribution >= 4 is 17.3 Å². The normalized spacial score (nSPS) is 9.76. The lowest BCUT2D eigenvalue weighted by Gasteiger charge is -1.94. The zero-order valence-electron chi connectivity index (χ0n) is 11.7. The van der Waals surface area contributed by atoms with Crippen LogP contribution in [-0.2, 0) is 4.79 Å². The van der Waals surface area contributed by atoms with Gasteiger partial charge in [-0.25, -0.2) is 0 Å². The molecule has 108 valence electrons. The SMILES string of the molecule is C=CC(N)=O.Cc1ccc(N=Nc2ccc(O)cc2)cc1. The maximum atomic E-state index is 9.47. The second kappa shape index (κ2) is 8.27. The molecule has 3 N–H and O–H groups in total. The van der Waals surface area contributed by atoms with Crippen LogP contribution in [-0.4, -0.2) is 11.0 Å². The highest BCUT2D eigenvalue weighted by Gasteiger charge is 1.91. The Morgan fingerprint density at radius 2 is 1.43 bits per heavy atom. The first-order valence-corrected chi connectivity index (χ1v) is 6.20. The molecule has 0 aromatic heterocycles. The van der Waals surface area contributed by atoms with E-state index >= 15 is 0 Å². The minimum Gasteiger partial charge on any atom is -0.508 e. The smallest absolute Gasteiger partial charge is 0.240 e. The summed E-state index contributed by atoms with van der Waals surface area (Å²) in [5.74, 6) is -0.251. The van der Waals surface area contributed by atoms with Crippen LogP contribution in [0.25, 0.3) is 0 Å². The van der Waals surface area contributed by atoms with Gasteiger partial charge in [-0.3, -0.25) is 4.79 Å². The van der Waals surface area contributed by atoms with Gasteiger partial charge in [0.05, 0.1) is 11.4 Å². The number of carbonyl (C=O) groups is 1. The molecule has 2 aromatic carbocycles. The number of hydrogen-bond acceptors (Lipinski definition) is 4. The fourth-order valence-electron chi connectivity index (χ4n) is 1.25. The molecule has 21 heavy (non-hydrogen) atoms. The van der Waals surface area contributed by atoms with Gasteiger partial charge in [-0.1, -0.05) is 24.3 Å². The first kappa shape index (κ1) is 16.1. The molecule has 2 rings (SSSR count). The van der Waals surface area contributed by atoms with Crippen LogP contribution >= 0.6 is 0 Å². The fraction of sp³-hybridized carbons (Fsp3) is 0.0625. The minimum absolute atomic E-state index is 0.231. The summed E-state index contributed by atoms with van der Waals surface area (Å²) in [6.07, 6.45) is 1.06. The van der Waals surface area contributed by atoms with Gasteiger partial charge in [0, 0.05) is 0 Å². The van der Waals surface area contributed by atoms with Gasteiger partial charge in [-0.05, 0) is 49.4 Å². The van der Waals surface area contributed by atoms with E-state index in [0.29, 0.717) is 0 Å². The third-order valence-electron chi connectivity index (χ3n) is 2.37. The van der Waals surface area contributed by atoms with Gasteiger partial charge < -0.3 is 10.8 Å². The molecule has 0 unspecified atom stereocenters. The molecule has 0 atom stereocenters. The molecule has 0 saturated heterocycles. The number of hydrogen-bond donors (Lipinski definition) is 2. The minimum atomic E-state index is -0.481. The van der Waals surface area contributed by atoms with E-state index in [1.807, 2.05) is 31.2 Å². The lowest BCUT2D eigenvalue weighted by molar-refractivity contribution is -0.113. The molecule has 0 aliphatic heterocycles. The summed E-state index contributed by atoms with van der Waals surface area (Å²) in [6, 6.07) is 14.4. The summed E-state index contributed by atoms with van der Waals surface area (Å²) >= 11 is 0. The fourth-order valence-corrected chi connectivity index (χ4v) is 1.25. The number of aromatic hydroxyl groups is 1. The van der Waals surface area contributed by atoms with E-state index in [1.165, 1.54) is 5.56 Å². The van der Waals surface area contributed by atoms with E-state index in [0.717, 1.165) is 17.5 Å². The van der Waals surface area contributed by atoms with Crippen molar-refractivity contribution in [1.29, 1.82) is 0 Å². The molecule has 0 saturated carbocycles. The van der Waals surface area contributed by atoms with Crippen LogP contribution in [0.2, 0.25) is 0 Å². The molecular formula is C16H17N3O2. The van der Waals surface area contributed by atoms with Crippen molar-refractivity contribution < 1.29 is 9.90 Å². The van der Waals surface area contributed by atoms with E-state index in [1.54, 1.807) is 24.3 Å². The van der Waals surface area contributed by atoms with Gasteiger partial charge in [0.15, 0.2) is 0 Å². The van der Waals surface area contributed by atoms with Crippen LogP contribution in [0.4, 0.5) is 11.4 Å². The first-order chi connectivity index (χ1) is 10.0. The summed E-state index contributed by atoms with van der Waals surface area (Å²) in [5, 5.41) is 17.3. The van der Waals surface area contributed by atoms with Gasteiger partial charge in [-0.2, -0.15) is 10.2 Å². The summed E-state index contributed by atoms with van der Waals surface area (Å²) in [6.45, 7) is 5.11. The predicted octanol–water partition coefficient (Wildman–Crippen LogP) is 3.77. The number of primary amides is 1. The Labute approximate surface area is 123 Å². The molecule has 5 heteroatoms. The largest absolute Gasteiger partial charge is 0.508 e. The van der Waals surface area contributed by atoms with E-state index in [4.69, 9.17) is 5.11 Å². The molecule has 2 aromatic rings. The number of rotatable bonds is 3. The molecule has 5 nitrogen and oxygen atoms in total. The number of aryl methyl sites for hydroxylation is 1. The molecule has 1 amide bonds. The molecular weight excluding hydrogens is 266 g/mol. The summed E-state index contributed by atoms with van der Waals surface area (Å²) in [4.78, 5) is 9.47. The summed E-state index contributed by atoms with van der Waals surface area (Å²) in [5.41, 5.74) is 7.27. The Morgan fingerprint density at radius 1 is 1.05 bits per heavy atom. The van der Waals surface area contributed by atoms with Crippen molar-refractivity contribution in [2.75, 3.05) is 0 Å². The van der Waals surface area contributed by atoms with Crippen molar-refractivity contribution in [1.82, 2.24) is 0 Å². The second-order valence-corrected chi connectivity index (χ2v) is 4.16. The zero-order chi connectivity index (χ0) is 15.7. The Kier molecular flexibility index (Phi) is 6.34. The number of carbonyl (C=O) groups excluding carboxylic acids is 1. The first-order valence-electron chi connectivity index (χ1n) is 6.20. The Morgan fingerprint density at radius 3 is 1.81 bits per heavy atom. The number of azo groups is 1. The average Bonchev–Trinajstić information content (AvgIpc) is 2.49. The van der Waals surface area contributed by atoms with Crippen LogP contribution in [0.3, 0.4) is 0 Å². The monoisotopic (exact) mass is 283 g/mol. The number of benzene rings is 2. The molecule has 0 heterocycles. The zero-order valence-corrected chi connectivity index (χ0v) is 11.7. The van der Waals surface area contributed by atoms with Crippen molar-refractivity contribution in [2.24, 2.45) is 16.0 Å². The van der Waals surface area contributed by atoms with Crippen molar-refractivity contribution in [2.45, 2.75) is 6.92 Å². The molecule has 0 spiro atoms.